The van der Waals surface area contributed by atoms with Crippen molar-refractivity contribution in [2.45, 2.75) is 39.3 Å². The molecule has 6 heteroatoms. The lowest BCUT2D eigenvalue weighted by Crippen LogP contribution is -2.37. The molecule has 1 aliphatic rings. The van der Waals surface area contributed by atoms with E-state index in [4.69, 9.17) is 0 Å². The van der Waals surface area contributed by atoms with Crippen LogP contribution >= 0.6 is 0 Å². The summed E-state index contributed by atoms with van der Waals surface area (Å²) in [6.07, 6.45) is 3.13. The third-order valence-corrected chi connectivity index (χ3v) is 3.96. The van der Waals surface area contributed by atoms with Crippen molar-refractivity contribution in [1.29, 1.82) is 0 Å². The van der Waals surface area contributed by atoms with Crippen molar-refractivity contribution >= 4 is 5.69 Å². The summed E-state index contributed by atoms with van der Waals surface area (Å²) in [5, 5.41) is 20.4. The Hall–Kier alpha value is -1.53. The number of aromatic nitrogens is 1. The van der Waals surface area contributed by atoms with E-state index in [2.05, 4.69) is 9.88 Å². The summed E-state index contributed by atoms with van der Waals surface area (Å²) in [7, 11) is 1.98. The second-order valence-corrected chi connectivity index (χ2v) is 5.81. The van der Waals surface area contributed by atoms with Crippen LogP contribution in [0.1, 0.15) is 29.7 Å². The number of pyridine rings is 1. The number of nitrogens with zero attached hydrogens (tertiary/aromatic N) is 3. The van der Waals surface area contributed by atoms with Crippen molar-refractivity contribution in [3.05, 3.63) is 33.1 Å². The van der Waals surface area contributed by atoms with E-state index in [0.717, 1.165) is 25.1 Å². The van der Waals surface area contributed by atoms with E-state index < -0.39 is 0 Å². The predicted octanol–water partition coefficient (Wildman–Crippen LogP) is 1.81. The normalized spacial score (nSPS) is 21.9. The molecule has 6 nitrogen and oxygen atoms in total. The number of rotatable bonds is 5. The summed E-state index contributed by atoms with van der Waals surface area (Å²) in [6.45, 7) is 4.95. The van der Waals surface area contributed by atoms with Gasteiger partial charge >= 0.3 is 0 Å². The third-order valence-electron chi connectivity index (χ3n) is 3.96. The average molecular weight is 279 g/mol. The Morgan fingerprint density at radius 2 is 2.15 bits per heavy atom. The molecular weight excluding hydrogens is 258 g/mol. The summed E-state index contributed by atoms with van der Waals surface area (Å²) in [5.41, 5.74) is 2.17. The number of aryl methyl sites for hydroxylation is 1. The first-order chi connectivity index (χ1) is 9.38. The first-order valence-corrected chi connectivity index (χ1v) is 6.84. The van der Waals surface area contributed by atoms with Gasteiger partial charge in [-0.25, -0.2) is 0 Å². The number of hydrogen-bond acceptors (Lipinski definition) is 5. The Morgan fingerprint density at radius 1 is 1.50 bits per heavy atom. The van der Waals surface area contributed by atoms with Crippen molar-refractivity contribution in [2.75, 3.05) is 13.6 Å². The van der Waals surface area contributed by atoms with E-state index in [-0.39, 0.29) is 16.7 Å². The molecule has 1 aromatic rings. The molecule has 0 saturated heterocycles. The minimum atomic E-state index is -0.335. The summed E-state index contributed by atoms with van der Waals surface area (Å²) in [6, 6.07) is 0. The van der Waals surface area contributed by atoms with Crippen LogP contribution in [0.2, 0.25) is 0 Å². The van der Waals surface area contributed by atoms with E-state index in [9.17, 15) is 15.2 Å². The molecule has 1 saturated carbocycles. The molecule has 1 N–H and O–H groups in total. The van der Waals surface area contributed by atoms with Crippen molar-refractivity contribution in [2.24, 2.45) is 5.92 Å². The standard InChI is InChI=1S/C14H21N3O3/c1-9-6-15-13(10(2)14(9)17(19)20)8-16(3)7-11-4-12(18)5-11/h6,11-12,18H,4-5,7-8H2,1-3H3. The number of hydrogen-bond donors (Lipinski definition) is 1. The van der Waals surface area contributed by atoms with Gasteiger partial charge in [-0.3, -0.25) is 15.1 Å². The molecule has 20 heavy (non-hydrogen) atoms. The molecule has 1 heterocycles. The minimum absolute atomic E-state index is 0.145. The van der Waals surface area contributed by atoms with Crippen LogP contribution in [0.25, 0.3) is 0 Å². The van der Waals surface area contributed by atoms with Crippen molar-refractivity contribution < 1.29 is 10.0 Å². The molecule has 0 unspecified atom stereocenters. The van der Waals surface area contributed by atoms with Crippen LogP contribution in [-0.4, -0.2) is 39.6 Å². The van der Waals surface area contributed by atoms with Gasteiger partial charge in [0.1, 0.15) is 0 Å². The Labute approximate surface area is 118 Å². The zero-order valence-electron chi connectivity index (χ0n) is 12.2. The molecule has 0 bridgehead atoms. The second kappa shape index (κ2) is 5.85. The zero-order chi connectivity index (χ0) is 14.9. The van der Waals surface area contributed by atoms with E-state index in [1.807, 2.05) is 7.05 Å². The first kappa shape index (κ1) is 14.9. The van der Waals surface area contributed by atoms with Gasteiger partial charge < -0.3 is 10.0 Å². The second-order valence-electron chi connectivity index (χ2n) is 5.81. The maximum absolute atomic E-state index is 11.1. The quantitative estimate of drug-likeness (QED) is 0.657. The molecule has 0 aliphatic heterocycles. The van der Waals surface area contributed by atoms with Crippen LogP contribution in [0.15, 0.2) is 6.20 Å². The average Bonchev–Trinajstić information content (AvgIpc) is 2.30. The Bertz CT molecular complexity index is 513. The van der Waals surface area contributed by atoms with Crippen LogP contribution < -0.4 is 0 Å². The summed E-state index contributed by atoms with van der Waals surface area (Å²) in [4.78, 5) is 17.2. The fourth-order valence-electron chi connectivity index (χ4n) is 2.82. The van der Waals surface area contributed by atoms with E-state index in [0.29, 0.717) is 23.6 Å². The Morgan fingerprint density at radius 3 is 2.70 bits per heavy atom. The van der Waals surface area contributed by atoms with Crippen LogP contribution in [0.5, 0.6) is 0 Å². The largest absolute Gasteiger partial charge is 0.393 e. The summed E-state index contributed by atoms with van der Waals surface area (Å²) >= 11 is 0. The number of aliphatic hydroxyl groups excluding tert-OH is 1. The fraction of sp³-hybridized carbons (Fsp3) is 0.643. The lowest BCUT2D eigenvalue weighted by molar-refractivity contribution is -0.386. The lowest BCUT2D eigenvalue weighted by Gasteiger charge is -2.34. The van der Waals surface area contributed by atoms with E-state index in [1.54, 1.807) is 20.0 Å². The fourth-order valence-corrected chi connectivity index (χ4v) is 2.82. The van der Waals surface area contributed by atoms with Gasteiger partial charge in [0.2, 0.25) is 0 Å². The molecule has 2 rings (SSSR count). The number of nitro groups is 1. The SMILES string of the molecule is Cc1cnc(CN(C)CC2CC(O)C2)c(C)c1[N+](=O)[O-]. The van der Waals surface area contributed by atoms with Gasteiger partial charge in [-0.05, 0) is 39.7 Å². The Kier molecular flexibility index (Phi) is 4.35. The molecule has 1 fully saturated rings. The van der Waals surface area contributed by atoms with Gasteiger partial charge in [0.15, 0.2) is 0 Å². The Balaban J connectivity index is 2.05. The molecular formula is C14H21N3O3. The minimum Gasteiger partial charge on any atom is -0.393 e. The van der Waals surface area contributed by atoms with Gasteiger partial charge in [-0.2, -0.15) is 0 Å². The molecule has 0 atom stereocenters. The smallest absolute Gasteiger partial charge is 0.278 e. The molecule has 110 valence electrons. The monoisotopic (exact) mass is 279 g/mol. The zero-order valence-corrected chi connectivity index (χ0v) is 12.2. The third kappa shape index (κ3) is 3.13. The molecule has 0 spiro atoms. The maximum Gasteiger partial charge on any atom is 0.278 e. The van der Waals surface area contributed by atoms with Crippen molar-refractivity contribution in [1.82, 2.24) is 9.88 Å². The van der Waals surface area contributed by atoms with Crippen LogP contribution in [-0.2, 0) is 6.54 Å². The maximum atomic E-state index is 11.1. The van der Waals surface area contributed by atoms with Gasteiger partial charge in [0.05, 0.1) is 16.7 Å². The molecule has 0 radical (unpaired) electrons. The summed E-state index contributed by atoms with van der Waals surface area (Å²) in [5.74, 6) is 0.524. The highest BCUT2D eigenvalue weighted by molar-refractivity contribution is 5.47. The molecule has 1 aromatic heterocycles. The van der Waals surface area contributed by atoms with Gasteiger partial charge in [-0.1, -0.05) is 0 Å². The van der Waals surface area contributed by atoms with Gasteiger partial charge in [-0.15, -0.1) is 0 Å². The van der Waals surface area contributed by atoms with E-state index >= 15 is 0 Å². The first-order valence-electron chi connectivity index (χ1n) is 6.84. The van der Waals surface area contributed by atoms with Crippen molar-refractivity contribution in [3.8, 4) is 0 Å². The predicted molar refractivity (Wildman–Crippen MR) is 75.4 cm³/mol. The van der Waals surface area contributed by atoms with Gasteiger partial charge in [0, 0.05) is 30.4 Å². The van der Waals surface area contributed by atoms with Gasteiger partial charge in [0.25, 0.3) is 5.69 Å². The lowest BCUT2D eigenvalue weighted by atomic mass is 9.82. The molecule has 0 amide bonds. The van der Waals surface area contributed by atoms with Crippen LogP contribution in [0, 0.1) is 29.9 Å². The molecule has 1 aliphatic carbocycles. The highest BCUT2D eigenvalue weighted by Crippen LogP contribution is 2.29. The van der Waals surface area contributed by atoms with Crippen LogP contribution in [0.3, 0.4) is 0 Å². The van der Waals surface area contributed by atoms with Crippen molar-refractivity contribution in [3.63, 3.8) is 0 Å². The van der Waals surface area contributed by atoms with E-state index in [1.165, 1.54) is 0 Å². The highest BCUT2D eigenvalue weighted by atomic mass is 16.6. The highest BCUT2D eigenvalue weighted by Gasteiger charge is 2.28. The molecule has 0 aromatic carbocycles. The number of aliphatic hydroxyl groups is 1. The summed E-state index contributed by atoms with van der Waals surface area (Å²) < 4.78 is 0. The topological polar surface area (TPSA) is 79.5 Å². The van der Waals surface area contributed by atoms with Crippen LogP contribution in [0.4, 0.5) is 5.69 Å².